The van der Waals surface area contributed by atoms with Crippen molar-refractivity contribution in [3.05, 3.63) is 63.5 Å². The van der Waals surface area contributed by atoms with Gasteiger partial charge in [-0.15, -0.1) is 0 Å². The molecule has 0 radical (unpaired) electrons. The van der Waals surface area contributed by atoms with Gasteiger partial charge in [-0.05, 0) is 47.9 Å². The summed E-state index contributed by atoms with van der Waals surface area (Å²) < 4.78 is 38.5. The number of ether oxygens (including phenoxy) is 3. The standard InChI is InChI=1S/C28H24FNO6.C2H6/c1-33-21-6-4-15(10-19(21)31)24-25-18-12-16(29)5-7-20(18)36-28(32)27(25)30-9-8-14-11-22(34-2)23(35-3)13-17(14)26(24)30;1-2/h4,6,10-13,31H,5,7-9H2,1-3H3;1-2H3. The van der Waals surface area contributed by atoms with Crippen molar-refractivity contribution >= 4 is 17.0 Å². The molecule has 0 saturated heterocycles. The molecule has 198 valence electrons. The van der Waals surface area contributed by atoms with Crippen molar-refractivity contribution in [2.75, 3.05) is 21.3 Å². The first kappa shape index (κ1) is 25.4. The highest BCUT2D eigenvalue weighted by Crippen LogP contribution is 2.49. The number of nitrogens with zero attached hydrogens (tertiary/aromatic N) is 1. The fraction of sp³-hybridized carbons (Fsp3) is 0.300. The number of aromatic nitrogens is 1. The van der Waals surface area contributed by atoms with E-state index in [9.17, 15) is 14.3 Å². The fourth-order valence-corrected chi connectivity index (χ4v) is 5.46. The van der Waals surface area contributed by atoms with Crippen molar-refractivity contribution in [1.82, 2.24) is 4.57 Å². The van der Waals surface area contributed by atoms with Crippen LogP contribution in [0, 0.1) is 0 Å². The van der Waals surface area contributed by atoms with Gasteiger partial charge in [0, 0.05) is 41.5 Å². The lowest BCUT2D eigenvalue weighted by molar-refractivity contribution is 0.354. The Kier molecular flexibility index (Phi) is 6.65. The lowest BCUT2D eigenvalue weighted by Crippen LogP contribution is -2.16. The first-order valence-electron chi connectivity index (χ1n) is 12.7. The molecule has 7 nitrogen and oxygen atoms in total. The summed E-state index contributed by atoms with van der Waals surface area (Å²) in [5, 5.41) is 11.2. The number of rotatable bonds is 4. The van der Waals surface area contributed by atoms with Crippen LogP contribution in [-0.2, 0) is 19.4 Å². The van der Waals surface area contributed by atoms with Gasteiger partial charge in [-0.1, -0.05) is 19.9 Å². The minimum Gasteiger partial charge on any atom is -0.504 e. The van der Waals surface area contributed by atoms with Crippen LogP contribution in [0.15, 0.2) is 45.4 Å². The van der Waals surface area contributed by atoms with E-state index in [1.807, 2.05) is 36.6 Å². The van der Waals surface area contributed by atoms with Gasteiger partial charge in [0.25, 0.3) is 0 Å². The number of allylic oxidation sites excluding steroid dienone is 1. The topological polar surface area (TPSA) is 83.1 Å². The highest BCUT2D eigenvalue weighted by Gasteiger charge is 2.32. The van der Waals surface area contributed by atoms with E-state index in [0.717, 1.165) is 16.8 Å². The Bertz CT molecular complexity index is 1650. The molecule has 0 saturated carbocycles. The molecule has 0 unspecified atom stereocenters. The second kappa shape index (κ2) is 9.93. The van der Waals surface area contributed by atoms with E-state index in [0.29, 0.717) is 70.0 Å². The average Bonchev–Trinajstić information content (AvgIpc) is 3.30. The van der Waals surface area contributed by atoms with E-state index in [-0.39, 0.29) is 18.0 Å². The Labute approximate surface area is 219 Å². The lowest BCUT2D eigenvalue weighted by Gasteiger charge is -2.23. The second-order valence-corrected chi connectivity index (χ2v) is 8.92. The number of benzene rings is 2. The number of methoxy groups -OCH3 is 3. The Morgan fingerprint density at radius 1 is 0.947 bits per heavy atom. The lowest BCUT2D eigenvalue weighted by atomic mass is 9.90. The zero-order valence-corrected chi connectivity index (χ0v) is 22.1. The highest BCUT2D eigenvalue weighted by molar-refractivity contribution is 6.09. The minimum absolute atomic E-state index is 0.0370. The maximum atomic E-state index is 14.5. The summed E-state index contributed by atoms with van der Waals surface area (Å²) in [6.07, 6.45) is 2.60. The van der Waals surface area contributed by atoms with Gasteiger partial charge in [-0.2, -0.15) is 0 Å². The van der Waals surface area contributed by atoms with Crippen molar-refractivity contribution in [3.63, 3.8) is 0 Å². The van der Waals surface area contributed by atoms with Crippen LogP contribution in [-0.4, -0.2) is 31.0 Å². The molecule has 1 N–H and O–H groups in total. The third kappa shape index (κ3) is 3.83. The molecule has 2 aromatic carbocycles. The zero-order chi connectivity index (χ0) is 27.1. The summed E-state index contributed by atoms with van der Waals surface area (Å²) in [5.41, 5.74) is 4.53. The average molecular weight is 520 g/mol. The van der Waals surface area contributed by atoms with E-state index in [1.54, 1.807) is 26.4 Å². The number of hydrogen-bond acceptors (Lipinski definition) is 6. The van der Waals surface area contributed by atoms with E-state index in [4.69, 9.17) is 18.6 Å². The summed E-state index contributed by atoms with van der Waals surface area (Å²) in [6, 6.07) is 8.95. The van der Waals surface area contributed by atoms with Crippen LogP contribution >= 0.6 is 0 Å². The van der Waals surface area contributed by atoms with Crippen LogP contribution in [0.1, 0.15) is 37.2 Å². The molecule has 1 aliphatic carbocycles. The molecule has 0 fully saturated rings. The van der Waals surface area contributed by atoms with Crippen LogP contribution in [0.4, 0.5) is 4.39 Å². The predicted octanol–water partition coefficient (Wildman–Crippen LogP) is 6.50. The molecule has 38 heavy (non-hydrogen) atoms. The summed E-state index contributed by atoms with van der Waals surface area (Å²) in [4.78, 5) is 13.3. The Hall–Kier alpha value is -4.20. The van der Waals surface area contributed by atoms with Crippen molar-refractivity contribution < 1.29 is 28.1 Å². The van der Waals surface area contributed by atoms with Gasteiger partial charge >= 0.3 is 5.63 Å². The minimum atomic E-state index is -0.464. The first-order valence-corrected chi connectivity index (χ1v) is 12.7. The van der Waals surface area contributed by atoms with Gasteiger partial charge in [0.15, 0.2) is 23.0 Å². The molecule has 6 rings (SSSR count). The van der Waals surface area contributed by atoms with Gasteiger partial charge < -0.3 is 28.3 Å². The van der Waals surface area contributed by atoms with Crippen LogP contribution < -0.4 is 19.8 Å². The van der Waals surface area contributed by atoms with Crippen LogP contribution in [0.3, 0.4) is 0 Å². The van der Waals surface area contributed by atoms with E-state index >= 15 is 0 Å². The summed E-state index contributed by atoms with van der Waals surface area (Å²) >= 11 is 0. The molecule has 3 heterocycles. The van der Waals surface area contributed by atoms with Crippen LogP contribution in [0.2, 0.25) is 0 Å². The summed E-state index contributed by atoms with van der Waals surface area (Å²) in [5.74, 6) is 1.66. The molecule has 0 atom stereocenters. The van der Waals surface area contributed by atoms with Gasteiger partial charge in [0.1, 0.15) is 17.1 Å². The third-order valence-corrected chi connectivity index (χ3v) is 7.07. The molecule has 0 amide bonds. The molecule has 8 heteroatoms. The van der Waals surface area contributed by atoms with Crippen LogP contribution in [0.25, 0.3) is 39.4 Å². The van der Waals surface area contributed by atoms with Gasteiger partial charge in [0.05, 0.1) is 27.0 Å². The number of phenolic OH excluding ortho intramolecular Hbond substituents is 1. The van der Waals surface area contributed by atoms with Gasteiger partial charge in [0.2, 0.25) is 0 Å². The number of fused-ring (bicyclic) bond motifs is 7. The molecule has 2 aromatic heterocycles. The van der Waals surface area contributed by atoms with Gasteiger partial charge in [-0.3, -0.25) is 0 Å². The SMILES string of the molecule is CC.COc1ccc(-c2c3n(c4c(=O)oc5c(c24)C=C(F)CC5)CCc2cc(OC)c(OC)cc2-3)cc1O. The smallest absolute Gasteiger partial charge is 0.360 e. The molecule has 2 aliphatic rings. The molecule has 0 bridgehead atoms. The maximum absolute atomic E-state index is 14.5. The monoisotopic (exact) mass is 519 g/mol. The molecular weight excluding hydrogens is 489 g/mol. The highest BCUT2D eigenvalue weighted by atomic mass is 19.1. The van der Waals surface area contributed by atoms with E-state index in [2.05, 4.69) is 0 Å². The van der Waals surface area contributed by atoms with E-state index in [1.165, 1.54) is 13.2 Å². The Morgan fingerprint density at radius 2 is 1.66 bits per heavy atom. The summed E-state index contributed by atoms with van der Waals surface area (Å²) in [7, 11) is 4.65. The number of halogens is 1. The third-order valence-electron chi connectivity index (χ3n) is 7.07. The normalized spacial score (nSPS) is 13.5. The van der Waals surface area contributed by atoms with Crippen LogP contribution in [0.5, 0.6) is 23.0 Å². The Morgan fingerprint density at radius 3 is 2.34 bits per heavy atom. The largest absolute Gasteiger partial charge is 0.504 e. The maximum Gasteiger partial charge on any atom is 0.360 e. The second-order valence-electron chi connectivity index (χ2n) is 8.92. The zero-order valence-electron chi connectivity index (χ0n) is 22.1. The molecular formula is C30H30FNO6. The first-order chi connectivity index (χ1) is 18.4. The number of hydrogen-bond donors (Lipinski definition) is 1. The number of aryl methyl sites for hydroxylation is 3. The van der Waals surface area contributed by atoms with Crippen molar-refractivity contribution in [1.29, 1.82) is 0 Å². The predicted molar refractivity (Wildman–Crippen MR) is 145 cm³/mol. The summed E-state index contributed by atoms with van der Waals surface area (Å²) in [6.45, 7) is 4.52. The quantitative estimate of drug-likeness (QED) is 0.331. The van der Waals surface area contributed by atoms with Crippen molar-refractivity contribution in [2.24, 2.45) is 0 Å². The molecule has 1 aliphatic heterocycles. The molecule has 0 spiro atoms. The van der Waals surface area contributed by atoms with Crippen molar-refractivity contribution in [3.8, 4) is 45.4 Å². The fourth-order valence-electron chi connectivity index (χ4n) is 5.46. The van der Waals surface area contributed by atoms with Gasteiger partial charge in [-0.25, -0.2) is 9.18 Å². The van der Waals surface area contributed by atoms with Crippen molar-refractivity contribution in [2.45, 2.75) is 39.7 Å². The van der Waals surface area contributed by atoms with E-state index < -0.39 is 5.63 Å². The molecule has 4 aromatic rings. The Balaban J connectivity index is 0.00000144. The number of aromatic hydroxyl groups is 1. The number of phenols is 1.